The Morgan fingerprint density at radius 1 is 1.21 bits per heavy atom. The molecule has 0 radical (unpaired) electrons. The number of ether oxygens (including phenoxy) is 2. The van der Waals surface area contributed by atoms with Gasteiger partial charge in [-0.25, -0.2) is 0 Å². The molecule has 0 aliphatic carbocycles. The van der Waals surface area contributed by atoms with E-state index in [4.69, 9.17) is 9.47 Å². The maximum atomic E-state index is 5.20. The van der Waals surface area contributed by atoms with Crippen molar-refractivity contribution in [2.45, 2.75) is 18.9 Å². The first-order chi connectivity index (χ1) is 9.30. The molecule has 3 heterocycles. The lowest BCUT2D eigenvalue weighted by Crippen LogP contribution is -2.40. The smallest absolute Gasteiger partial charge is 0.232 e. The highest BCUT2D eigenvalue weighted by atomic mass is 16.5. The number of hydrogen-bond donors (Lipinski definition) is 1. The minimum atomic E-state index is 0.546. The van der Waals surface area contributed by atoms with Crippen LogP contribution < -0.4 is 19.7 Å². The van der Waals surface area contributed by atoms with Crippen molar-refractivity contribution >= 4 is 5.95 Å². The third kappa shape index (κ3) is 2.45. The molecule has 2 unspecified atom stereocenters. The van der Waals surface area contributed by atoms with Gasteiger partial charge in [-0.15, -0.1) is 0 Å². The van der Waals surface area contributed by atoms with Gasteiger partial charge in [0.1, 0.15) is 0 Å². The van der Waals surface area contributed by atoms with Gasteiger partial charge in [-0.2, -0.15) is 9.97 Å². The standard InChI is InChI=1S/C13H20N4O2/c1-18-11-6-12(19-2)16-13(15-11)17-7-9-4-3-5-14-10(9)8-17/h6,9-10,14H,3-5,7-8H2,1-2H3. The Bertz CT molecular complexity index is 418. The van der Waals surface area contributed by atoms with E-state index in [2.05, 4.69) is 20.2 Å². The van der Waals surface area contributed by atoms with Gasteiger partial charge in [-0.1, -0.05) is 0 Å². The minimum absolute atomic E-state index is 0.546. The largest absolute Gasteiger partial charge is 0.481 e. The lowest BCUT2D eigenvalue weighted by atomic mass is 9.94. The molecule has 1 aromatic heterocycles. The summed E-state index contributed by atoms with van der Waals surface area (Å²) in [4.78, 5) is 11.1. The molecule has 6 heteroatoms. The first kappa shape index (κ1) is 12.5. The highest BCUT2D eigenvalue weighted by Crippen LogP contribution is 2.29. The van der Waals surface area contributed by atoms with Gasteiger partial charge in [0.2, 0.25) is 17.7 Å². The van der Waals surface area contributed by atoms with Gasteiger partial charge >= 0.3 is 0 Å². The predicted octanol–water partition coefficient (Wildman–Crippen LogP) is 0.682. The van der Waals surface area contributed by atoms with Crippen molar-refractivity contribution in [2.75, 3.05) is 38.8 Å². The van der Waals surface area contributed by atoms with E-state index < -0.39 is 0 Å². The fraction of sp³-hybridized carbons (Fsp3) is 0.692. The van der Waals surface area contributed by atoms with Crippen molar-refractivity contribution in [1.82, 2.24) is 15.3 Å². The number of rotatable bonds is 3. The van der Waals surface area contributed by atoms with E-state index in [1.807, 2.05) is 0 Å². The monoisotopic (exact) mass is 264 g/mol. The Kier molecular flexibility index (Phi) is 3.42. The number of hydrogen-bond acceptors (Lipinski definition) is 6. The molecule has 0 spiro atoms. The number of anilines is 1. The Labute approximate surface area is 113 Å². The fourth-order valence-electron chi connectivity index (χ4n) is 2.95. The maximum absolute atomic E-state index is 5.20. The van der Waals surface area contributed by atoms with Crippen LogP contribution in [0.4, 0.5) is 5.95 Å². The van der Waals surface area contributed by atoms with E-state index in [1.54, 1.807) is 20.3 Å². The zero-order chi connectivity index (χ0) is 13.2. The second kappa shape index (κ2) is 5.21. The summed E-state index contributed by atoms with van der Waals surface area (Å²) in [6, 6.07) is 2.26. The minimum Gasteiger partial charge on any atom is -0.481 e. The molecule has 3 rings (SSSR count). The second-order valence-corrected chi connectivity index (χ2v) is 5.12. The molecular weight excluding hydrogens is 244 g/mol. The van der Waals surface area contributed by atoms with Crippen molar-refractivity contribution < 1.29 is 9.47 Å². The van der Waals surface area contributed by atoms with Crippen LogP contribution in [0.15, 0.2) is 6.07 Å². The molecular formula is C13H20N4O2. The first-order valence-electron chi connectivity index (χ1n) is 6.75. The van der Waals surface area contributed by atoms with Gasteiger partial charge < -0.3 is 19.7 Å². The van der Waals surface area contributed by atoms with Crippen LogP contribution in [0, 0.1) is 5.92 Å². The zero-order valence-electron chi connectivity index (χ0n) is 11.4. The van der Waals surface area contributed by atoms with Crippen LogP contribution in [-0.4, -0.2) is 49.9 Å². The molecule has 6 nitrogen and oxygen atoms in total. The van der Waals surface area contributed by atoms with Gasteiger partial charge in [0, 0.05) is 19.1 Å². The van der Waals surface area contributed by atoms with Crippen molar-refractivity contribution in [1.29, 1.82) is 0 Å². The van der Waals surface area contributed by atoms with Crippen molar-refractivity contribution in [2.24, 2.45) is 5.92 Å². The van der Waals surface area contributed by atoms with E-state index in [-0.39, 0.29) is 0 Å². The summed E-state index contributed by atoms with van der Waals surface area (Å²) in [6.45, 7) is 3.09. The molecule has 1 aromatic rings. The number of methoxy groups -OCH3 is 2. The summed E-state index contributed by atoms with van der Waals surface area (Å²) < 4.78 is 10.4. The Morgan fingerprint density at radius 2 is 1.95 bits per heavy atom. The zero-order valence-corrected chi connectivity index (χ0v) is 11.4. The first-order valence-corrected chi connectivity index (χ1v) is 6.75. The molecule has 2 atom stereocenters. The van der Waals surface area contributed by atoms with E-state index >= 15 is 0 Å². The normalized spacial score (nSPS) is 26.1. The second-order valence-electron chi connectivity index (χ2n) is 5.12. The Balaban J connectivity index is 1.82. The number of aromatic nitrogens is 2. The molecule has 0 aromatic carbocycles. The van der Waals surface area contributed by atoms with Gasteiger partial charge in [-0.05, 0) is 25.3 Å². The summed E-state index contributed by atoms with van der Waals surface area (Å²) in [5, 5.41) is 3.58. The van der Waals surface area contributed by atoms with E-state index in [1.165, 1.54) is 12.8 Å². The SMILES string of the molecule is COc1cc(OC)nc(N2CC3CCCNC3C2)n1. The van der Waals surface area contributed by atoms with Gasteiger partial charge in [0.25, 0.3) is 0 Å². The van der Waals surface area contributed by atoms with Gasteiger partial charge in [0.15, 0.2) is 0 Å². The summed E-state index contributed by atoms with van der Waals surface area (Å²) in [6.07, 6.45) is 2.55. The molecule has 2 aliphatic heterocycles. The Hall–Kier alpha value is -1.56. The van der Waals surface area contributed by atoms with E-state index in [0.29, 0.717) is 29.7 Å². The average molecular weight is 264 g/mol. The molecule has 2 aliphatic rings. The number of nitrogens with zero attached hydrogens (tertiary/aromatic N) is 3. The average Bonchev–Trinajstić information content (AvgIpc) is 2.90. The van der Waals surface area contributed by atoms with Crippen LogP contribution in [0.2, 0.25) is 0 Å². The van der Waals surface area contributed by atoms with Crippen LogP contribution >= 0.6 is 0 Å². The summed E-state index contributed by atoms with van der Waals surface area (Å²) >= 11 is 0. The quantitative estimate of drug-likeness (QED) is 0.866. The number of piperidine rings is 1. The summed E-state index contributed by atoms with van der Waals surface area (Å²) in [5.41, 5.74) is 0. The molecule has 0 saturated carbocycles. The Morgan fingerprint density at radius 3 is 2.58 bits per heavy atom. The van der Waals surface area contributed by atoms with Crippen molar-refractivity contribution in [3.63, 3.8) is 0 Å². The predicted molar refractivity (Wildman–Crippen MR) is 71.9 cm³/mol. The molecule has 19 heavy (non-hydrogen) atoms. The van der Waals surface area contributed by atoms with E-state index in [0.717, 1.165) is 19.6 Å². The molecule has 104 valence electrons. The number of nitrogens with one attached hydrogen (secondary N) is 1. The topological polar surface area (TPSA) is 59.5 Å². The fourth-order valence-corrected chi connectivity index (χ4v) is 2.95. The maximum Gasteiger partial charge on any atom is 0.232 e. The molecule has 0 bridgehead atoms. The van der Waals surface area contributed by atoms with Gasteiger partial charge in [0.05, 0.1) is 20.3 Å². The summed E-state index contributed by atoms with van der Waals surface area (Å²) in [7, 11) is 3.22. The molecule has 2 saturated heterocycles. The van der Waals surface area contributed by atoms with Gasteiger partial charge in [-0.3, -0.25) is 0 Å². The summed E-state index contributed by atoms with van der Waals surface area (Å²) in [5.74, 6) is 2.50. The van der Waals surface area contributed by atoms with E-state index in [9.17, 15) is 0 Å². The highest BCUT2D eigenvalue weighted by Gasteiger charge is 2.35. The van der Waals surface area contributed by atoms with Crippen LogP contribution in [0.1, 0.15) is 12.8 Å². The van der Waals surface area contributed by atoms with Crippen LogP contribution in [0.25, 0.3) is 0 Å². The van der Waals surface area contributed by atoms with Crippen LogP contribution in [0.3, 0.4) is 0 Å². The molecule has 0 amide bonds. The van der Waals surface area contributed by atoms with Crippen molar-refractivity contribution in [3.05, 3.63) is 6.07 Å². The molecule has 2 fully saturated rings. The number of fused-ring (bicyclic) bond motifs is 1. The lowest BCUT2D eigenvalue weighted by molar-refractivity contribution is 0.340. The van der Waals surface area contributed by atoms with Crippen LogP contribution in [0.5, 0.6) is 11.8 Å². The molecule has 1 N–H and O–H groups in total. The third-order valence-electron chi connectivity index (χ3n) is 3.97. The lowest BCUT2D eigenvalue weighted by Gasteiger charge is -2.24. The third-order valence-corrected chi connectivity index (χ3v) is 3.97. The highest BCUT2D eigenvalue weighted by molar-refractivity contribution is 5.38. The van der Waals surface area contributed by atoms with Crippen molar-refractivity contribution in [3.8, 4) is 11.8 Å². The van der Waals surface area contributed by atoms with Crippen LogP contribution in [-0.2, 0) is 0 Å².